The van der Waals surface area contributed by atoms with Crippen molar-refractivity contribution in [2.75, 3.05) is 40.1 Å². The monoisotopic (exact) mass is 523 g/mol. The maximum atomic E-state index is 11.9. The Morgan fingerprint density at radius 1 is 1.11 bits per heavy atom. The molecule has 1 saturated heterocycles. The molecule has 0 aliphatic carbocycles. The topological polar surface area (TPSA) is 116 Å². The maximum Gasteiger partial charge on any atom is 0.229 e. The number of aromatic nitrogens is 3. The molecule has 0 bridgehead atoms. The van der Waals surface area contributed by atoms with Gasteiger partial charge in [0, 0.05) is 69.4 Å². The molecule has 0 atom stereocenters. The van der Waals surface area contributed by atoms with E-state index in [9.17, 15) is 9.00 Å². The van der Waals surface area contributed by atoms with Crippen LogP contribution in [0.15, 0.2) is 60.9 Å². The zero-order chi connectivity index (χ0) is 25.3. The van der Waals surface area contributed by atoms with Crippen LogP contribution in [0, 0.1) is 4.78 Å². The van der Waals surface area contributed by atoms with Gasteiger partial charge in [0.1, 0.15) is 5.02 Å². The summed E-state index contributed by atoms with van der Waals surface area (Å²) >= 11 is 6.47. The smallest absolute Gasteiger partial charge is 0.229 e. The molecule has 5 rings (SSSR count). The predicted octanol–water partition coefficient (Wildman–Crippen LogP) is 5.03. The molecule has 0 radical (unpaired) electrons. The third-order valence-electron chi connectivity index (χ3n) is 6.12. The number of halogens is 1. The third kappa shape index (κ3) is 5.14. The van der Waals surface area contributed by atoms with Crippen molar-refractivity contribution >= 4 is 61.2 Å². The molecule has 3 N–H and O–H groups in total. The molecular weight excluding hydrogens is 498 g/mol. The molecule has 2 aromatic heterocycles. The second-order valence-corrected chi connectivity index (χ2v) is 11.5. The fourth-order valence-electron chi connectivity index (χ4n) is 4.11. The molecule has 0 saturated carbocycles. The molecule has 9 nitrogen and oxygen atoms in total. The van der Waals surface area contributed by atoms with E-state index < -0.39 is 9.73 Å². The van der Waals surface area contributed by atoms with Crippen LogP contribution in [0.25, 0.3) is 16.7 Å². The van der Waals surface area contributed by atoms with Crippen molar-refractivity contribution in [3.05, 3.63) is 65.9 Å². The highest BCUT2D eigenvalue weighted by molar-refractivity contribution is 7.92. The second-order valence-electron chi connectivity index (χ2n) is 8.61. The quantitative estimate of drug-likeness (QED) is 0.326. The molecule has 1 aliphatic heterocycles. The SMILES string of the molecule is CCC(=O)Nc1ccc2c(ccn2-c2nc(Nc3ccc(N4CCS(=N)(=O)CC4)cc3)ncc2Cl)c1. The highest BCUT2D eigenvalue weighted by Gasteiger charge is 2.19. The van der Waals surface area contributed by atoms with Crippen molar-refractivity contribution < 1.29 is 9.00 Å². The van der Waals surface area contributed by atoms with Gasteiger partial charge in [0.15, 0.2) is 5.82 Å². The van der Waals surface area contributed by atoms with Crippen molar-refractivity contribution in [1.29, 1.82) is 4.78 Å². The molecule has 2 aromatic carbocycles. The molecule has 1 amide bonds. The molecule has 0 spiro atoms. The summed E-state index contributed by atoms with van der Waals surface area (Å²) in [6.45, 7) is 3.06. The normalized spacial score (nSPS) is 15.1. The minimum atomic E-state index is -2.42. The van der Waals surface area contributed by atoms with Crippen LogP contribution in [0.2, 0.25) is 5.02 Å². The van der Waals surface area contributed by atoms with Gasteiger partial charge in [-0.05, 0) is 48.5 Å². The van der Waals surface area contributed by atoms with Crippen molar-refractivity contribution in [2.24, 2.45) is 0 Å². The van der Waals surface area contributed by atoms with Crippen LogP contribution >= 0.6 is 11.6 Å². The van der Waals surface area contributed by atoms with Crippen LogP contribution in [-0.4, -0.2) is 49.2 Å². The van der Waals surface area contributed by atoms with Gasteiger partial charge in [-0.1, -0.05) is 18.5 Å². The second kappa shape index (κ2) is 9.79. The summed E-state index contributed by atoms with van der Waals surface area (Å²) in [4.78, 5) is 22.8. The number of carbonyl (C=O) groups is 1. The van der Waals surface area contributed by atoms with Gasteiger partial charge in [-0.25, -0.2) is 9.19 Å². The van der Waals surface area contributed by atoms with Gasteiger partial charge >= 0.3 is 0 Å². The number of hydrogen-bond acceptors (Lipinski definition) is 7. The number of nitrogens with one attached hydrogen (secondary N) is 3. The van der Waals surface area contributed by atoms with Crippen molar-refractivity contribution in [3.63, 3.8) is 0 Å². The van der Waals surface area contributed by atoms with Gasteiger partial charge in [-0.15, -0.1) is 0 Å². The van der Waals surface area contributed by atoms with E-state index in [2.05, 4.69) is 25.5 Å². The maximum absolute atomic E-state index is 11.9. The number of rotatable bonds is 6. The summed E-state index contributed by atoms with van der Waals surface area (Å²) in [7, 11) is -2.42. The van der Waals surface area contributed by atoms with Crippen molar-refractivity contribution in [2.45, 2.75) is 13.3 Å². The Bertz CT molecular complexity index is 1520. The van der Waals surface area contributed by atoms with E-state index in [0.29, 0.717) is 47.8 Å². The van der Waals surface area contributed by atoms with Gasteiger partial charge in [-0.2, -0.15) is 4.98 Å². The summed E-state index contributed by atoms with van der Waals surface area (Å²) in [5.41, 5.74) is 3.49. The number of amides is 1. The zero-order valence-corrected chi connectivity index (χ0v) is 21.3. The van der Waals surface area contributed by atoms with Crippen molar-refractivity contribution in [1.82, 2.24) is 14.5 Å². The minimum absolute atomic E-state index is 0.0364. The van der Waals surface area contributed by atoms with E-state index >= 15 is 0 Å². The summed E-state index contributed by atoms with van der Waals surface area (Å²) in [5.74, 6) is 1.71. The number of carbonyl (C=O) groups excluding carboxylic acids is 1. The highest BCUT2D eigenvalue weighted by Crippen LogP contribution is 2.28. The summed E-state index contributed by atoms with van der Waals surface area (Å²) in [5, 5.41) is 7.46. The molecule has 1 aliphatic rings. The Labute approximate surface area is 214 Å². The van der Waals surface area contributed by atoms with Crippen molar-refractivity contribution in [3.8, 4) is 5.82 Å². The average molecular weight is 524 g/mol. The summed E-state index contributed by atoms with van der Waals surface area (Å²) in [6.07, 6.45) is 3.87. The lowest BCUT2D eigenvalue weighted by atomic mass is 10.2. The van der Waals surface area contributed by atoms with Crippen LogP contribution in [0.4, 0.5) is 23.0 Å². The first kappa shape index (κ1) is 24.1. The van der Waals surface area contributed by atoms with Crippen LogP contribution in [0.5, 0.6) is 0 Å². The molecule has 11 heteroatoms. The number of anilines is 4. The van der Waals surface area contributed by atoms with E-state index in [1.807, 2.05) is 66.2 Å². The number of benzene rings is 2. The van der Waals surface area contributed by atoms with E-state index in [4.69, 9.17) is 16.4 Å². The fraction of sp³-hybridized carbons (Fsp3) is 0.240. The lowest BCUT2D eigenvalue weighted by Crippen LogP contribution is -2.39. The largest absolute Gasteiger partial charge is 0.370 e. The van der Waals surface area contributed by atoms with Gasteiger partial charge in [-0.3, -0.25) is 14.1 Å². The van der Waals surface area contributed by atoms with Gasteiger partial charge in [0.05, 0.1) is 11.7 Å². The number of nitrogens with zero attached hydrogens (tertiary/aromatic N) is 4. The predicted molar refractivity (Wildman–Crippen MR) is 145 cm³/mol. The molecule has 3 heterocycles. The molecule has 186 valence electrons. The van der Waals surface area contributed by atoms with Crippen LogP contribution in [0.3, 0.4) is 0 Å². The molecule has 36 heavy (non-hydrogen) atoms. The average Bonchev–Trinajstić information content (AvgIpc) is 3.29. The Hall–Kier alpha value is -3.63. The standard InChI is InChI=1S/C25H26ClN7O2S/c1-2-23(34)29-19-5-8-22-17(15-19)9-10-33(22)24-21(26)16-28-25(31-24)30-18-3-6-20(7-4-18)32-11-13-36(27,35)14-12-32/h3-10,15-16,27H,2,11-14H2,1H3,(H,29,34)(H,28,30,31). The minimum Gasteiger partial charge on any atom is -0.370 e. The zero-order valence-electron chi connectivity index (χ0n) is 19.7. The van der Waals surface area contributed by atoms with Crippen LogP contribution in [-0.2, 0) is 14.5 Å². The molecular formula is C25H26ClN7O2S. The lowest BCUT2D eigenvalue weighted by Gasteiger charge is -2.30. The third-order valence-corrected chi connectivity index (χ3v) is 8.07. The number of fused-ring (bicyclic) bond motifs is 1. The van der Waals surface area contributed by atoms with Gasteiger partial charge in [0.2, 0.25) is 11.9 Å². The summed E-state index contributed by atoms with van der Waals surface area (Å²) in [6, 6.07) is 15.5. The van der Waals surface area contributed by atoms with E-state index in [-0.39, 0.29) is 5.91 Å². The lowest BCUT2D eigenvalue weighted by molar-refractivity contribution is -0.115. The Balaban J connectivity index is 1.35. The molecule has 4 aromatic rings. The van der Waals surface area contributed by atoms with E-state index in [1.165, 1.54) is 0 Å². The first-order valence-electron chi connectivity index (χ1n) is 11.6. The van der Waals surface area contributed by atoms with Gasteiger partial charge in [0.25, 0.3) is 0 Å². The Morgan fingerprint density at radius 3 is 2.56 bits per heavy atom. The van der Waals surface area contributed by atoms with E-state index in [0.717, 1.165) is 28.0 Å². The first-order valence-corrected chi connectivity index (χ1v) is 13.9. The van der Waals surface area contributed by atoms with Crippen LogP contribution in [0.1, 0.15) is 13.3 Å². The fourth-order valence-corrected chi connectivity index (χ4v) is 5.53. The Kier molecular flexibility index (Phi) is 6.55. The first-order chi connectivity index (χ1) is 17.3. The highest BCUT2D eigenvalue weighted by atomic mass is 35.5. The Morgan fingerprint density at radius 2 is 1.83 bits per heavy atom. The molecule has 1 fully saturated rings. The summed E-state index contributed by atoms with van der Waals surface area (Å²) < 4.78 is 21.6. The number of hydrogen-bond donors (Lipinski definition) is 3. The van der Waals surface area contributed by atoms with Gasteiger partial charge < -0.3 is 15.5 Å². The van der Waals surface area contributed by atoms with E-state index in [1.54, 1.807) is 6.20 Å². The van der Waals surface area contributed by atoms with Crippen LogP contribution < -0.4 is 15.5 Å². The molecule has 0 unspecified atom stereocenters.